The molecule has 0 saturated carbocycles. The molecule has 1 heterocycles. The standard InChI is InChI=1S/C26H20N4O2/c1-32-24-14-12-22(13-15-24)28-26(31)20(17-27)16-21-18-30(23-10-6-3-7-11-23)29-25(21)19-8-4-2-5-9-19/h2-16,18H,1H3,(H,28,31)/b20-16+. The van der Waals surface area contributed by atoms with Crippen molar-refractivity contribution in [2.45, 2.75) is 0 Å². The van der Waals surface area contributed by atoms with Crippen LogP contribution in [-0.4, -0.2) is 22.8 Å². The quantitative estimate of drug-likeness (QED) is 0.348. The van der Waals surface area contributed by atoms with Crippen LogP contribution in [0.25, 0.3) is 23.0 Å². The van der Waals surface area contributed by atoms with Crippen molar-refractivity contribution in [1.82, 2.24) is 9.78 Å². The number of aromatic nitrogens is 2. The van der Waals surface area contributed by atoms with Crippen molar-refractivity contribution in [3.05, 3.63) is 102 Å². The fraction of sp³-hybridized carbons (Fsp3) is 0.0385. The molecule has 156 valence electrons. The SMILES string of the molecule is COc1ccc(NC(=O)/C(C#N)=C/c2cn(-c3ccccc3)nc2-c2ccccc2)cc1. The van der Waals surface area contributed by atoms with Gasteiger partial charge in [0.2, 0.25) is 0 Å². The Kier molecular flexibility index (Phi) is 6.10. The zero-order chi connectivity index (χ0) is 22.3. The van der Waals surface area contributed by atoms with E-state index in [4.69, 9.17) is 9.84 Å². The van der Waals surface area contributed by atoms with Gasteiger partial charge in [-0.3, -0.25) is 4.79 Å². The molecule has 0 unspecified atom stereocenters. The lowest BCUT2D eigenvalue weighted by molar-refractivity contribution is -0.112. The summed E-state index contributed by atoms with van der Waals surface area (Å²) < 4.78 is 6.87. The number of methoxy groups -OCH3 is 1. The van der Waals surface area contributed by atoms with Crippen molar-refractivity contribution < 1.29 is 9.53 Å². The Morgan fingerprint density at radius 1 is 1.00 bits per heavy atom. The van der Waals surface area contributed by atoms with Gasteiger partial charge in [0.05, 0.1) is 18.5 Å². The number of nitrogens with zero attached hydrogens (tertiary/aromatic N) is 3. The van der Waals surface area contributed by atoms with Gasteiger partial charge in [-0.1, -0.05) is 48.5 Å². The molecule has 0 aliphatic heterocycles. The van der Waals surface area contributed by atoms with E-state index in [-0.39, 0.29) is 5.57 Å². The first-order valence-corrected chi connectivity index (χ1v) is 9.95. The monoisotopic (exact) mass is 420 g/mol. The fourth-order valence-corrected chi connectivity index (χ4v) is 3.20. The highest BCUT2D eigenvalue weighted by atomic mass is 16.5. The molecule has 1 aromatic heterocycles. The number of ether oxygens (including phenoxy) is 1. The first-order valence-electron chi connectivity index (χ1n) is 9.95. The van der Waals surface area contributed by atoms with Crippen LogP contribution in [0.4, 0.5) is 5.69 Å². The first kappa shape index (κ1) is 20.6. The van der Waals surface area contributed by atoms with Crippen LogP contribution in [0, 0.1) is 11.3 Å². The fourth-order valence-electron chi connectivity index (χ4n) is 3.20. The van der Waals surface area contributed by atoms with E-state index in [9.17, 15) is 10.1 Å². The smallest absolute Gasteiger partial charge is 0.266 e. The Labute approximate surface area is 186 Å². The minimum atomic E-state index is -0.496. The average molecular weight is 420 g/mol. The summed E-state index contributed by atoms with van der Waals surface area (Å²) in [6, 6.07) is 28.3. The number of carbonyl (C=O) groups excluding carboxylic acids is 1. The van der Waals surface area contributed by atoms with Crippen LogP contribution in [-0.2, 0) is 4.79 Å². The zero-order valence-corrected chi connectivity index (χ0v) is 17.4. The van der Waals surface area contributed by atoms with E-state index in [1.165, 1.54) is 0 Å². The Bertz CT molecular complexity index is 1290. The molecule has 1 amide bonds. The van der Waals surface area contributed by atoms with Crippen LogP contribution < -0.4 is 10.1 Å². The van der Waals surface area contributed by atoms with Crippen LogP contribution >= 0.6 is 0 Å². The van der Waals surface area contributed by atoms with Crippen LogP contribution in [0.2, 0.25) is 0 Å². The molecule has 0 aliphatic carbocycles. The molecule has 3 aromatic carbocycles. The number of rotatable bonds is 6. The normalized spacial score (nSPS) is 10.9. The van der Waals surface area contributed by atoms with Crippen molar-refractivity contribution in [2.75, 3.05) is 12.4 Å². The van der Waals surface area contributed by atoms with Crippen LogP contribution in [0.3, 0.4) is 0 Å². The van der Waals surface area contributed by atoms with Crippen LogP contribution in [0.1, 0.15) is 5.56 Å². The van der Waals surface area contributed by atoms with Gasteiger partial charge < -0.3 is 10.1 Å². The van der Waals surface area contributed by atoms with E-state index in [0.717, 1.165) is 11.3 Å². The third-order valence-electron chi connectivity index (χ3n) is 4.82. The number of hydrogen-bond donors (Lipinski definition) is 1. The number of para-hydroxylation sites is 1. The van der Waals surface area contributed by atoms with Crippen LogP contribution in [0.5, 0.6) is 5.75 Å². The van der Waals surface area contributed by atoms with E-state index >= 15 is 0 Å². The summed E-state index contributed by atoms with van der Waals surface area (Å²) in [6.07, 6.45) is 3.38. The molecule has 6 nitrogen and oxygen atoms in total. The predicted octanol–water partition coefficient (Wildman–Crippen LogP) is 5.09. The van der Waals surface area contributed by atoms with Gasteiger partial charge in [0.25, 0.3) is 5.91 Å². The summed E-state index contributed by atoms with van der Waals surface area (Å²) in [5.74, 6) is 0.184. The minimum Gasteiger partial charge on any atom is -0.497 e. The number of nitriles is 1. The first-order chi connectivity index (χ1) is 15.7. The third-order valence-corrected chi connectivity index (χ3v) is 4.82. The molecule has 1 N–H and O–H groups in total. The Balaban J connectivity index is 1.70. The average Bonchev–Trinajstić information content (AvgIpc) is 3.28. The van der Waals surface area contributed by atoms with Crippen molar-refractivity contribution >= 4 is 17.7 Å². The van der Waals surface area contributed by atoms with Gasteiger partial charge in [-0.25, -0.2) is 4.68 Å². The molecular weight excluding hydrogens is 400 g/mol. The van der Waals surface area contributed by atoms with Gasteiger partial charge >= 0.3 is 0 Å². The zero-order valence-electron chi connectivity index (χ0n) is 17.4. The van der Waals surface area contributed by atoms with Gasteiger partial charge in [-0.2, -0.15) is 10.4 Å². The summed E-state index contributed by atoms with van der Waals surface area (Å²) >= 11 is 0. The molecule has 0 spiro atoms. The second-order valence-electron chi connectivity index (χ2n) is 6.93. The minimum absolute atomic E-state index is 0.0226. The molecule has 0 radical (unpaired) electrons. The number of benzene rings is 3. The molecule has 0 bridgehead atoms. The van der Waals surface area contributed by atoms with Gasteiger partial charge in [-0.05, 0) is 42.5 Å². The van der Waals surface area contributed by atoms with E-state index in [0.29, 0.717) is 22.7 Å². The number of carbonyl (C=O) groups is 1. The van der Waals surface area contributed by atoms with Crippen molar-refractivity contribution in [3.63, 3.8) is 0 Å². The summed E-state index contributed by atoms with van der Waals surface area (Å²) in [7, 11) is 1.57. The molecule has 0 saturated heterocycles. The second kappa shape index (κ2) is 9.45. The molecule has 0 atom stereocenters. The highest BCUT2D eigenvalue weighted by Gasteiger charge is 2.15. The van der Waals surface area contributed by atoms with Gasteiger partial charge in [0, 0.05) is 23.0 Å². The highest BCUT2D eigenvalue weighted by Crippen LogP contribution is 2.26. The molecule has 4 aromatic rings. The maximum Gasteiger partial charge on any atom is 0.266 e. The van der Waals surface area contributed by atoms with Crippen LogP contribution in [0.15, 0.2) is 96.7 Å². The van der Waals surface area contributed by atoms with Crippen molar-refractivity contribution in [1.29, 1.82) is 5.26 Å². The Morgan fingerprint density at radius 3 is 2.28 bits per heavy atom. The van der Waals surface area contributed by atoms with Gasteiger partial charge in [-0.15, -0.1) is 0 Å². The molecule has 0 aliphatic rings. The number of hydrogen-bond acceptors (Lipinski definition) is 4. The van der Waals surface area contributed by atoms with Crippen molar-refractivity contribution in [3.8, 4) is 28.8 Å². The highest BCUT2D eigenvalue weighted by molar-refractivity contribution is 6.10. The van der Waals surface area contributed by atoms with E-state index in [2.05, 4.69) is 5.32 Å². The van der Waals surface area contributed by atoms with E-state index in [1.807, 2.05) is 72.9 Å². The lowest BCUT2D eigenvalue weighted by Crippen LogP contribution is -2.13. The lowest BCUT2D eigenvalue weighted by Gasteiger charge is -2.05. The number of amides is 1. The topological polar surface area (TPSA) is 79.9 Å². The second-order valence-corrected chi connectivity index (χ2v) is 6.93. The molecular formula is C26H20N4O2. The van der Waals surface area contributed by atoms with Crippen molar-refractivity contribution in [2.24, 2.45) is 0 Å². The third kappa shape index (κ3) is 4.58. The van der Waals surface area contributed by atoms with Gasteiger partial charge in [0.15, 0.2) is 0 Å². The largest absolute Gasteiger partial charge is 0.497 e. The summed E-state index contributed by atoms with van der Waals surface area (Å²) in [5.41, 5.74) is 3.67. The molecule has 6 heteroatoms. The van der Waals surface area contributed by atoms with Gasteiger partial charge in [0.1, 0.15) is 17.4 Å². The summed E-state index contributed by atoms with van der Waals surface area (Å²) in [6.45, 7) is 0. The summed E-state index contributed by atoms with van der Waals surface area (Å²) in [4.78, 5) is 12.8. The maximum absolute atomic E-state index is 12.8. The predicted molar refractivity (Wildman–Crippen MR) is 124 cm³/mol. The number of anilines is 1. The molecule has 0 fully saturated rings. The number of nitrogens with one attached hydrogen (secondary N) is 1. The Morgan fingerprint density at radius 2 is 1.66 bits per heavy atom. The molecule has 32 heavy (non-hydrogen) atoms. The Hall–Kier alpha value is -4.63. The molecule has 4 rings (SSSR count). The lowest BCUT2D eigenvalue weighted by atomic mass is 10.1. The van der Waals surface area contributed by atoms with E-state index in [1.54, 1.807) is 42.1 Å². The summed E-state index contributed by atoms with van der Waals surface area (Å²) in [5, 5.41) is 17.1. The maximum atomic E-state index is 12.8. The van der Waals surface area contributed by atoms with E-state index < -0.39 is 5.91 Å².